The molecule has 1 fully saturated rings. The monoisotopic (exact) mass is 553 g/mol. The second-order valence-electron chi connectivity index (χ2n) is 10.1. The zero-order chi connectivity index (χ0) is 27.1. The molecule has 2 unspecified atom stereocenters. The summed E-state index contributed by atoms with van der Waals surface area (Å²) < 4.78 is 6.15. The van der Waals surface area contributed by atoms with Gasteiger partial charge < -0.3 is 4.74 Å². The van der Waals surface area contributed by atoms with Crippen LogP contribution in [-0.2, 0) is 9.53 Å². The Hall–Kier alpha value is -2.83. The van der Waals surface area contributed by atoms with Gasteiger partial charge in [-0.05, 0) is 57.0 Å². The minimum atomic E-state index is -1.06. The average molecular weight is 554 g/mol. The summed E-state index contributed by atoms with van der Waals surface area (Å²) in [5, 5.41) is 4.39. The molecule has 4 aromatic rings. The van der Waals surface area contributed by atoms with E-state index in [4.69, 9.17) is 4.74 Å². The van der Waals surface area contributed by atoms with Crippen molar-refractivity contribution >= 4 is 43.0 Å². The molecule has 3 nitrogen and oxygen atoms in total. The quantitative estimate of drug-likeness (QED) is 0.137. The Balaban J connectivity index is 1.64. The Bertz CT molecular complexity index is 1240. The van der Waals surface area contributed by atoms with Gasteiger partial charge >= 0.3 is 5.97 Å². The number of hydrogen-bond donors (Lipinski definition) is 0. The van der Waals surface area contributed by atoms with Crippen LogP contribution in [0.4, 0.5) is 0 Å². The molecule has 0 bridgehead atoms. The van der Waals surface area contributed by atoms with Crippen molar-refractivity contribution < 1.29 is 9.53 Å². The van der Waals surface area contributed by atoms with Gasteiger partial charge in [-0.25, -0.2) is 4.79 Å². The fraction of sp³-hybridized carbons (Fsp3) is 0.265. The van der Waals surface area contributed by atoms with Gasteiger partial charge in [-0.1, -0.05) is 135 Å². The van der Waals surface area contributed by atoms with Gasteiger partial charge in [0.05, 0.1) is 6.61 Å². The summed E-state index contributed by atoms with van der Waals surface area (Å²) in [4.78, 5) is 16.8. The molecule has 5 heteroatoms. The molecule has 200 valence electrons. The molecule has 2 atom stereocenters. The van der Waals surface area contributed by atoms with E-state index in [1.165, 1.54) is 21.2 Å². The number of likely N-dealkylation sites (N-methyl/N-ethyl adjacent to an activating group) is 1. The normalized spacial score (nSPS) is 19.4. The first-order valence-electron chi connectivity index (χ1n) is 13.8. The lowest BCUT2D eigenvalue weighted by Gasteiger charge is -2.41. The smallest absolute Gasteiger partial charge is 0.331 e. The van der Waals surface area contributed by atoms with Gasteiger partial charge in [0.15, 0.2) is 0 Å². The van der Waals surface area contributed by atoms with Crippen LogP contribution in [0.25, 0.3) is 0 Å². The highest BCUT2D eigenvalue weighted by Gasteiger charge is 2.58. The van der Waals surface area contributed by atoms with Crippen molar-refractivity contribution in [2.75, 3.05) is 20.2 Å². The fourth-order valence-corrected chi connectivity index (χ4v) is 12.0. The molecule has 0 N–H and O–H groups in total. The fourth-order valence-electron chi connectivity index (χ4n) is 5.68. The van der Waals surface area contributed by atoms with Crippen LogP contribution in [0.15, 0.2) is 121 Å². The maximum Gasteiger partial charge on any atom is 0.331 e. The summed E-state index contributed by atoms with van der Waals surface area (Å²) in [6.07, 6.45) is 2.64. The number of carbonyl (C=O) groups is 1. The molecule has 1 aliphatic heterocycles. The third kappa shape index (κ3) is 5.87. The van der Waals surface area contributed by atoms with E-state index in [0.29, 0.717) is 12.3 Å². The predicted molar refractivity (Wildman–Crippen MR) is 168 cm³/mol. The van der Waals surface area contributed by atoms with Crippen molar-refractivity contribution in [2.24, 2.45) is 0 Å². The molecule has 39 heavy (non-hydrogen) atoms. The van der Waals surface area contributed by atoms with Gasteiger partial charge in [0, 0.05) is 12.2 Å². The molecule has 1 aliphatic rings. The van der Waals surface area contributed by atoms with E-state index in [0.717, 1.165) is 25.8 Å². The standard InChI is InChI=1S/C34H37NO2P2/c1-3-4-25-37-33(36)34(39(30-21-13-7-14-22-30)31-23-15-8-16-24-31)26-32(27-35(34)2)38(28-17-9-5-10-18-28)29-19-11-6-12-20-29/h5-24,32H,3-4,25-27H2,1-2H3. The molecule has 0 saturated carbocycles. The topological polar surface area (TPSA) is 29.5 Å². The van der Waals surface area contributed by atoms with Gasteiger partial charge in [-0.2, -0.15) is 0 Å². The molecular weight excluding hydrogens is 516 g/mol. The molecule has 1 saturated heterocycles. The third-order valence-electron chi connectivity index (χ3n) is 7.53. The second kappa shape index (κ2) is 13.0. The lowest BCUT2D eigenvalue weighted by Crippen LogP contribution is -2.51. The number of unbranched alkanes of at least 4 members (excludes halogenated alkanes) is 1. The van der Waals surface area contributed by atoms with Crippen LogP contribution in [0.3, 0.4) is 0 Å². The number of hydrogen-bond acceptors (Lipinski definition) is 3. The van der Waals surface area contributed by atoms with E-state index in [1.807, 2.05) is 0 Å². The Labute approximate surface area is 235 Å². The van der Waals surface area contributed by atoms with Crippen LogP contribution < -0.4 is 21.2 Å². The number of benzene rings is 4. The molecule has 0 aromatic heterocycles. The van der Waals surface area contributed by atoms with Crippen molar-refractivity contribution in [3.63, 3.8) is 0 Å². The maximum atomic E-state index is 14.4. The summed E-state index contributed by atoms with van der Waals surface area (Å²) in [7, 11) is 0.402. The van der Waals surface area contributed by atoms with Crippen molar-refractivity contribution in [1.29, 1.82) is 0 Å². The molecule has 0 spiro atoms. The second-order valence-corrected chi connectivity index (χ2v) is 15.0. The molecule has 1 heterocycles. The zero-order valence-corrected chi connectivity index (χ0v) is 24.6. The Morgan fingerprint density at radius 3 is 1.64 bits per heavy atom. The van der Waals surface area contributed by atoms with Crippen LogP contribution in [0.1, 0.15) is 26.2 Å². The molecular formula is C34H37NO2P2. The highest BCUT2D eigenvalue weighted by Crippen LogP contribution is 2.60. The van der Waals surface area contributed by atoms with E-state index in [-0.39, 0.29) is 5.97 Å². The number of likely N-dealkylation sites (tertiary alicyclic amines) is 1. The highest BCUT2D eigenvalue weighted by atomic mass is 31.1. The summed E-state index contributed by atoms with van der Waals surface area (Å²) in [5.74, 6) is -0.0733. The first-order valence-corrected chi connectivity index (χ1v) is 16.6. The Kier molecular flexibility index (Phi) is 9.25. The zero-order valence-electron chi connectivity index (χ0n) is 22.8. The van der Waals surface area contributed by atoms with Gasteiger partial charge in [0.2, 0.25) is 0 Å². The number of ether oxygens (including phenoxy) is 1. The van der Waals surface area contributed by atoms with Gasteiger partial charge in [0.1, 0.15) is 5.28 Å². The van der Waals surface area contributed by atoms with Crippen molar-refractivity contribution in [2.45, 2.75) is 37.1 Å². The van der Waals surface area contributed by atoms with Gasteiger partial charge in [0.25, 0.3) is 0 Å². The van der Waals surface area contributed by atoms with Crippen LogP contribution in [0.2, 0.25) is 0 Å². The highest BCUT2D eigenvalue weighted by molar-refractivity contribution is 7.76. The van der Waals surface area contributed by atoms with Crippen molar-refractivity contribution in [3.8, 4) is 0 Å². The van der Waals surface area contributed by atoms with Crippen LogP contribution in [0, 0.1) is 0 Å². The predicted octanol–water partition coefficient (Wildman–Crippen LogP) is 6.00. The van der Waals surface area contributed by atoms with E-state index in [2.05, 4.69) is 140 Å². The van der Waals surface area contributed by atoms with Crippen LogP contribution in [-0.4, -0.2) is 42.0 Å². The minimum absolute atomic E-state index is 0.0733. The lowest BCUT2D eigenvalue weighted by molar-refractivity contribution is -0.150. The van der Waals surface area contributed by atoms with E-state index in [1.54, 1.807) is 0 Å². The SMILES string of the molecule is CCCCOC(=O)C1(P(c2ccccc2)c2ccccc2)CC(P(c2ccccc2)c2ccccc2)CN1C. The molecule has 4 aromatic carbocycles. The Morgan fingerprint density at radius 2 is 1.21 bits per heavy atom. The largest absolute Gasteiger partial charge is 0.464 e. The first-order chi connectivity index (χ1) is 19.1. The summed E-state index contributed by atoms with van der Waals surface area (Å²) in [6.45, 7) is 3.44. The molecule has 0 radical (unpaired) electrons. The molecule has 5 rings (SSSR count). The third-order valence-corrected chi connectivity index (χ3v) is 13.4. The molecule has 0 aliphatic carbocycles. The number of carbonyl (C=O) groups excluding carboxylic acids is 1. The number of esters is 1. The maximum absolute atomic E-state index is 14.4. The summed E-state index contributed by atoms with van der Waals surface area (Å²) in [5.41, 5.74) is 0.311. The van der Waals surface area contributed by atoms with E-state index in [9.17, 15) is 4.79 Å². The molecule has 0 amide bonds. The summed E-state index contributed by atoms with van der Waals surface area (Å²) in [6, 6.07) is 43.0. The first kappa shape index (κ1) is 27.7. The van der Waals surface area contributed by atoms with E-state index >= 15 is 0 Å². The van der Waals surface area contributed by atoms with Crippen molar-refractivity contribution in [1.82, 2.24) is 4.90 Å². The van der Waals surface area contributed by atoms with Gasteiger partial charge in [-0.15, -0.1) is 0 Å². The summed E-state index contributed by atoms with van der Waals surface area (Å²) >= 11 is 0. The lowest BCUT2D eigenvalue weighted by atomic mass is 10.2. The van der Waals surface area contributed by atoms with Crippen LogP contribution in [0.5, 0.6) is 0 Å². The number of nitrogens with zero attached hydrogens (tertiary/aromatic N) is 1. The minimum Gasteiger partial charge on any atom is -0.464 e. The van der Waals surface area contributed by atoms with Gasteiger partial charge in [-0.3, -0.25) is 4.90 Å². The Morgan fingerprint density at radius 1 is 0.769 bits per heavy atom. The average Bonchev–Trinajstić information content (AvgIpc) is 3.32. The van der Waals surface area contributed by atoms with Crippen LogP contribution >= 0.6 is 15.8 Å². The van der Waals surface area contributed by atoms with Crippen molar-refractivity contribution in [3.05, 3.63) is 121 Å². The number of rotatable bonds is 10. The van der Waals surface area contributed by atoms with E-state index < -0.39 is 21.1 Å².